The summed E-state index contributed by atoms with van der Waals surface area (Å²) >= 11 is 0. The highest BCUT2D eigenvalue weighted by molar-refractivity contribution is 5.48. The molecule has 0 aliphatic rings. The quantitative estimate of drug-likeness (QED) is 0.462. The van der Waals surface area contributed by atoms with E-state index in [1.165, 1.54) is 19.6 Å². The second-order valence-corrected chi connectivity index (χ2v) is 4.04. The van der Waals surface area contributed by atoms with Gasteiger partial charge in [-0.1, -0.05) is 11.2 Å². The standard InChI is InChI=1S/C12H14N4O4/c1-19-11-3-2-9(6-10(11)16(17)18)7-13-5-4-12-14-8-20-15-12/h2-3,6,8,13H,4-5,7H2,1H3. The van der Waals surface area contributed by atoms with Crippen molar-refractivity contribution in [3.05, 3.63) is 46.1 Å². The maximum atomic E-state index is 10.9. The molecule has 0 saturated heterocycles. The Morgan fingerprint density at radius 1 is 1.50 bits per heavy atom. The normalized spacial score (nSPS) is 10.4. The van der Waals surface area contributed by atoms with Crippen molar-refractivity contribution in [1.82, 2.24) is 15.5 Å². The fourth-order valence-corrected chi connectivity index (χ4v) is 1.72. The van der Waals surface area contributed by atoms with Crippen LogP contribution in [-0.4, -0.2) is 28.7 Å². The third-order valence-electron chi connectivity index (χ3n) is 2.70. The lowest BCUT2D eigenvalue weighted by molar-refractivity contribution is -0.385. The minimum atomic E-state index is -0.457. The number of hydrogen-bond acceptors (Lipinski definition) is 7. The molecule has 1 N–H and O–H groups in total. The van der Waals surface area contributed by atoms with E-state index in [1.807, 2.05) is 0 Å². The first kappa shape index (κ1) is 13.9. The van der Waals surface area contributed by atoms with Gasteiger partial charge in [0.1, 0.15) is 0 Å². The molecular formula is C12H14N4O4. The highest BCUT2D eigenvalue weighted by Gasteiger charge is 2.14. The molecule has 0 spiro atoms. The van der Waals surface area contributed by atoms with E-state index in [-0.39, 0.29) is 11.4 Å². The zero-order valence-electron chi connectivity index (χ0n) is 10.9. The highest BCUT2D eigenvalue weighted by Crippen LogP contribution is 2.27. The van der Waals surface area contributed by atoms with Gasteiger partial charge in [0, 0.05) is 25.6 Å². The van der Waals surface area contributed by atoms with Crippen LogP contribution in [0.2, 0.25) is 0 Å². The second kappa shape index (κ2) is 6.62. The number of ether oxygens (including phenoxy) is 1. The van der Waals surface area contributed by atoms with Gasteiger partial charge in [-0.25, -0.2) is 0 Å². The molecule has 0 unspecified atom stereocenters. The monoisotopic (exact) mass is 278 g/mol. The van der Waals surface area contributed by atoms with Gasteiger partial charge in [0.15, 0.2) is 11.6 Å². The second-order valence-electron chi connectivity index (χ2n) is 4.04. The summed E-state index contributed by atoms with van der Waals surface area (Å²) in [6.45, 7) is 1.17. The molecule has 0 radical (unpaired) electrons. The lowest BCUT2D eigenvalue weighted by Gasteiger charge is -2.06. The number of benzene rings is 1. The number of nitrogens with zero attached hydrogens (tertiary/aromatic N) is 3. The van der Waals surface area contributed by atoms with Crippen molar-refractivity contribution >= 4 is 5.69 Å². The Balaban J connectivity index is 1.89. The summed E-state index contributed by atoms with van der Waals surface area (Å²) in [5.74, 6) is 0.878. The van der Waals surface area contributed by atoms with Crippen LogP contribution in [0.5, 0.6) is 5.75 Å². The van der Waals surface area contributed by atoms with Gasteiger partial charge < -0.3 is 14.6 Å². The molecule has 2 rings (SSSR count). The molecule has 1 aromatic heterocycles. The van der Waals surface area contributed by atoms with Crippen LogP contribution in [0.3, 0.4) is 0 Å². The molecule has 106 valence electrons. The molecule has 1 aromatic carbocycles. The Kier molecular flexibility index (Phi) is 4.61. The number of nitro groups is 1. The van der Waals surface area contributed by atoms with Gasteiger partial charge in [-0.15, -0.1) is 0 Å². The summed E-state index contributed by atoms with van der Waals surface area (Å²) < 4.78 is 9.57. The van der Waals surface area contributed by atoms with Crippen LogP contribution in [-0.2, 0) is 13.0 Å². The highest BCUT2D eigenvalue weighted by atomic mass is 16.6. The zero-order chi connectivity index (χ0) is 14.4. The molecule has 0 bridgehead atoms. The minimum absolute atomic E-state index is 0.0371. The van der Waals surface area contributed by atoms with Crippen LogP contribution >= 0.6 is 0 Å². The fraction of sp³-hybridized carbons (Fsp3) is 0.333. The number of rotatable bonds is 7. The van der Waals surface area contributed by atoms with Crippen molar-refractivity contribution in [1.29, 1.82) is 0 Å². The van der Waals surface area contributed by atoms with E-state index in [4.69, 9.17) is 4.74 Å². The van der Waals surface area contributed by atoms with E-state index in [2.05, 4.69) is 20.0 Å². The van der Waals surface area contributed by atoms with Crippen LogP contribution in [0.25, 0.3) is 0 Å². The minimum Gasteiger partial charge on any atom is -0.490 e. The first-order valence-electron chi connectivity index (χ1n) is 5.98. The Morgan fingerprint density at radius 2 is 2.35 bits per heavy atom. The van der Waals surface area contributed by atoms with Crippen molar-refractivity contribution in [2.45, 2.75) is 13.0 Å². The summed E-state index contributed by atoms with van der Waals surface area (Å²) in [5, 5.41) is 17.7. The number of aromatic nitrogens is 2. The SMILES string of the molecule is COc1ccc(CNCCc2ncon2)cc1[N+](=O)[O-]. The Labute approximate surface area is 114 Å². The van der Waals surface area contributed by atoms with Gasteiger partial charge in [-0.2, -0.15) is 4.98 Å². The van der Waals surface area contributed by atoms with Crippen molar-refractivity contribution in [2.24, 2.45) is 0 Å². The molecule has 20 heavy (non-hydrogen) atoms. The molecule has 0 amide bonds. The molecule has 0 aliphatic heterocycles. The fourth-order valence-electron chi connectivity index (χ4n) is 1.72. The molecule has 8 nitrogen and oxygen atoms in total. The largest absolute Gasteiger partial charge is 0.490 e. The first-order valence-corrected chi connectivity index (χ1v) is 5.98. The van der Waals surface area contributed by atoms with Crippen molar-refractivity contribution in [2.75, 3.05) is 13.7 Å². The predicted octanol–water partition coefficient (Wildman–Crippen LogP) is 1.32. The Hall–Kier alpha value is -2.48. The van der Waals surface area contributed by atoms with Gasteiger partial charge in [0.2, 0.25) is 6.39 Å². The van der Waals surface area contributed by atoms with E-state index in [0.717, 1.165) is 5.56 Å². The summed E-state index contributed by atoms with van der Waals surface area (Å²) in [6, 6.07) is 4.88. The molecule has 8 heteroatoms. The van der Waals surface area contributed by atoms with Gasteiger partial charge in [0.25, 0.3) is 0 Å². The van der Waals surface area contributed by atoms with Gasteiger partial charge in [-0.05, 0) is 11.6 Å². The van der Waals surface area contributed by atoms with Crippen LogP contribution < -0.4 is 10.1 Å². The smallest absolute Gasteiger partial charge is 0.311 e. The van der Waals surface area contributed by atoms with Crippen molar-refractivity contribution < 1.29 is 14.2 Å². The third kappa shape index (κ3) is 3.51. The van der Waals surface area contributed by atoms with Gasteiger partial charge >= 0.3 is 5.69 Å². The summed E-state index contributed by atoms with van der Waals surface area (Å²) in [6.07, 6.45) is 1.91. The van der Waals surface area contributed by atoms with Crippen LogP contribution in [0.4, 0.5) is 5.69 Å². The summed E-state index contributed by atoms with van der Waals surface area (Å²) in [4.78, 5) is 14.3. The van der Waals surface area contributed by atoms with Crippen LogP contribution in [0.15, 0.2) is 29.1 Å². The molecule has 0 fully saturated rings. The maximum absolute atomic E-state index is 10.9. The van der Waals surface area contributed by atoms with E-state index in [0.29, 0.717) is 25.3 Å². The molecule has 2 aromatic rings. The summed E-state index contributed by atoms with van der Waals surface area (Å²) in [5.41, 5.74) is 0.774. The third-order valence-corrected chi connectivity index (χ3v) is 2.70. The molecule has 0 aliphatic carbocycles. The first-order chi connectivity index (χ1) is 9.70. The van der Waals surface area contributed by atoms with Gasteiger partial charge in [0.05, 0.1) is 12.0 Å². The number of methoxy groups -OCH3 is 1. The lowest BCUT2D eigenvalue weighted by Crippen LogP contribution is -2.17. The number of nitrogens with one attached hydrogen (secondary N) is 1. The summed E-state index contributed by atoms with van der Waals surface area (Å²) in [7, 11) is 1.41. The molecule has 0 atom stereocenters. The molecule has 1 heterocycles. The number of hydrogen-bond donors (Lipinski definition) is 1. The molecular weight excluding hydrogens is 264 g/mol. The van der Waals surface area contributed by atoms with E-state index in [9.17, 15) is 10.1 Å². The van der Waals surface area contributed by atoms with E-state index in [1.54, 1.807) is 12.1 Å². The Bertz CT molecular complexity index is 571. The zero-order valence-corrected chi connectivity index (χ0v) is 10.9. The Morgan fingerprint density at radius 3 is 3.00 bits per heavy atom. The van der Waals surface area contributed by atoms with Gasteiger partial charge in [-0.3, -0.25) is 10.1 Å². The number of nitro benzene ring substituents is 1. The lowest BCUT2D eigenvalue weighted by atomic mass is 10.2. The van der Waals surface area contributed by atoms with Crippen LogP contribution in [0, 0.1) is 10.1 Å². The average molecular weight is 278 g/mol. The van der Waals surface area contributed by atoms with E-state index < -0.39 is 4.92 Å². The average Bonchev–Trinajstić information content (AvgIpc) is 2.96. The topological polar surface area (TPSA) is 103 Å². The van der Waals surface area contributed by atoms with Crippen molar-refractivity contribution in [3.63, 3.8) is 0 Å². The predicted molar refractivity (Wildman–Crippen MR) is 69.4 cm³/mol. The van der Waals surface area contributed by atoms with Crippen LogP contribution in [0.1, 0.15) is 11.4 Å². The van der Waals surface area contributed by atoms with E-state index >= 15 is 0 Å². The molecule has 0 saturated carbocycles. The maximum Gasteiger partial charge on any atom is 0.311 e. The van der Waals surface area contributed by atoms with Crippen molar-refractivity contribution in [3.8, 4) is 5.75 Å².